The number of nitrogens with zero attached hydrogens (tertiary/aromatic N) is 5. The van der Waals surface area contributed by atoms with Crippen LogP contribution in [-0.4, -0.2) is 108 Å². The molecule has 1 aromatic rings. The van der Waals surface area contributed by atoms with E-state index in [-0.39, 0.29) is 17.1 Å². The smallest absolute Gasteiger partial charge is 0.475 e. The number of aromatic nitrogens is 2. The zero-order chi connectivity index (χ0) is 26.8. The number of fused-ring (bicyclic) bond motifs is 1. The number of hydrogen-bond donors (Lipinski definition) is 1. The molecule has 1 amide bonds. The molecule has 3 aliphatic heterocycles. The van der Waals surface area contributed by atoms with Gasteiger partial charge in [0.25, 0.3) is 0 Å². The van der Waals surface area contributed by atoms with Crippen LogP contribution in [0.1, 0.15) is 25.7 Å². The number of alkyl halides is 3. The van der Waals surface area contributed by atoms with Crippen LogP contribution in [0.2, 0.25) is 0 Å². The first-order chi connectivity index (χ1) is 17.4. The van der Waals surface area contributed by atoms with E-state index in [0.717, 1.165) is 12.8 Å². The van der Waals surface area contributed by atoms with Gasteiger partial charge in [-0.05, 0) is 31.7 Å². The van der Waals surface area contributed by atoms with Gasteiger partial charge >= 0.3 is 12.1 Å². The molecule has 0 unspecified atom stereocenters. The summed E-state index contributed by atoms with van der Waals surface area (Å²) in [5, 5.41) is 6.90. The van der Waals surface area contributed by atoms with Crippen LogP contribution < -0.4 is 4.90 Å². The predicted octanol–water partition coefficient (Wildman–Crippen LogP) is 0.979. The number of carboxylic acids is 1. The van der Waals surface area contributed by atoms with E-state index in [1.54, 1.807) is 22.8 Å². The number of rotatable bonds is 4. The molecule has 0 spiro atoms. The first-order valence-corrected chi connectivity index (χ1v) is 13.6. The summed E-state index contributed by atoms with van der Waals surface area (Å²) in [6, 6.07) is 1.77. The van der Waals surface area contributed by atoms with Crippen molar-refractivity contribution in [2.24, 2.45) is 11.3 Å². The van der Waals surface area contributed by atoms with E-state index in [4.69, 9.17) is 14.6 Å². The van der Waals surface area contributed by atoms with Gasteiger partial charge in [-0.3, -0.25) is 4.79 Å². The summed E-state index contributed by atoms with van der Waals surface area (Å²) in [5.41, 5.74) is -0.607. The van der Waals surface area contributed by atoms with Crippen molar-refractivity contribution in [3.05, 3.63) is 18.5 Å². The van der Waals surface area contributed by atoms with Crippen molar-refractivity contribution in [3.8, 4) is 0 Å². The molecular formula is C22H30F3N5O6S. The maximum atomic E-state index is 13.8. The second kappa shape index (κ2) is 10.7. The van der Waals surface area contributed by atoms with Crippen molar-refractivity contribution in [3.63, 3.8) is 0 Å². The monoisotopic (exact) mass is 549 g/mol. The number of sulfonamides is 1. The number of ether oxygens (including phenoxy) is 1. The third-order valence-corrected chi connectivity index (χ3v) is 9.62. The number of carbonyl (C=O) groups is 2. The van der Waals surface area contributed by atoms with E-state index in [0.29, 0.717) is 71.3 Å². The van der Waals surface area contributed by atoms with Gasteiger partial charge in [0.15, 0.2) is 0 Å². The van der Waals surface area contributed by atoms with Crippen molar-refractivity contribution in [1.82, 2.24) is 19.2 Å². The maximum Gasteiger partial charge on any atom is 0.490 e. The molecule has 2 atom stereocenters. The van der Waals surface area contributed by atoms with Crippen LogP contribution in [0.3, 0.4) is 0 Å². The summed E-state index contributed by atoms with van der Waals surface area (Å²) in [7, 11) is -3.27. The molecule has 4 fully saturated rings. The maximum absolute atomic E-state index is 13.8. The van der Waals surface area contributed by atoms with Gasteiger partial charge in [0.2, 0.25) is 21.9 Å². The summed E-state index contributed by atoms with van der Waals surface area (Å²) in [5.74, 6) is -2.09. The molecule has 3 saturated heterocycles. The van der Waals surface area contributed by atoms with Crippen LogP contribution in [0.15, 0.2) is 18.5 Å². The largest absolute Gasteiger partial charge is 0.490 e. The first-order valence-electron chi connectivity index (χ1n) is 12.1. The molecule has 4 heterocycles. The molecule has 5 rings (SSSR count). The fraction of sp³-hybridized carbons (Fsp3) is 0.727. The Hall–Kier alpha value is -2.52. The number of aliphatic carboxylic acids is 1. The van der Waals surface area contributed by atoms with Crippen LogP contribution >= 0.6 is 0 Å². The highest BCUT2D eigenvalue weighted by Crippen LogP contribution is 2.46. The third kappa shape index (κ3) is 5.98. The molecule has 4 aliphatic rings. The number of carbonyl (C=O) groups excluding carboxylic acids is 1. The highest BCUT2D eigenvalue weighted by molar-refractivity contribution is 7.90. The van der Waals surface area contributed by atoms with E-state index in [1.807, 2.05) is 4.90 Å². The minimum atomic E-state index is -5.08. The Bertz CT molecular complexity index is 1080. The second-order valence-corrected chi connectivity index (χ2v) is 11.9. The van der Waals surface area contributed by atoms with Gasteiger partial charge in [-0.25, -0.2) is 27.5 Å². The first kappa shape index (κ1) is 27.5. The van der Waals surface area contributed by atoms with Crippen molar-refractivity contribution in [2.75, 3.05) is 57.4 Å². The van der Waals surface area contributed by atoms with Crippen LogP contribution in [0.5, 0.6) is 0 Å². The number of hydrogen-bond acceptors (Lipinski definition) is 8. The Kier molecular flexibility index (Phi) is 7.95. The average Bonchev–Trinajstić information content (AvgIpc) is 3.70. The molecule has 37 heavy (non-hydrogen) atoms. The van der Waals surface area contributed by atoms with E-state index < -0.39 is 27.6 Å². The van der Waals surface area contributed by atoms with Gasteiger partial charge in [-0.1, -0.05) is 0 Å². The van der Waals surface area contributed by atoms with Gasteiger partial charge in [-0.15, -0.1) is 0 Å². The normalized spacial score (nSPS) is 27.1. The standard InChI is InChI=1S/C20H29N5O4S.C2HF3O2/c26-18(23-9-11-29-12-10-23)20-5-1-8-25(30(27,28)17-3-4-17)14-16(20)13-24(15-20)19-21-6-2-7-22-19;3-2(4,5)1(6)7/h2,6-7,16-17H,1,3-5,8-15H2;(H,6,7)/t16-,20+;/m1./s1. The lowest BCUT2D eigenvalue weighted by Crippen LogP contribution is -2.53. The van der Waals surface area contributed by atoms with Gasteiger partial charge in [0, 0.05) is 57.6 Å². The Labute approximate surface area is 212 Å². The van der Waals surface area contributed by atoms with Gasteiger partial charge in [-0.2, -0.15) is 13.2 Å². The van der Waals surface area contributed by atoms with Gasteiger partial charge in [0.05, 0.1) is 23.9 Å². The van der Waals surface area contributed by atoms with Gasteiger partial charge in [0.1, 0.15) is 0 Å². The topological polar surface area (TPSA) is 133 Å². The summed E-state index contributed by atoms with van der Waals surface area (Å²) < 4.78 is 64.8. The number of morpholine rings is 1. The van der Waals surface area contributed by atoms with E-state index in [9.17, 15) is 26.4 Å². The van der Waals surface area contributed by atoms with Crippen molar-refractivity contribution in [1.29, 1.82) is 0 Å². The van der Waals surface area contributed by atoms with Crippen LogP contribution in [0.25, 0.3) is 0 Å². The molecule has 1 aromatic heterocycles. The SMILES string of the molecule is O=C(N1CCOCC1)[C@]12CCCN(S(=O)(=O)C3CC3)C[C@H]1CN(c1ncccn1)C2.O=C(O)C(F)(F)F. The summed E-state index contributed by atoms with van der Waals surface area (Å²) in [4.78, 5) is 35.5. The minimum absolute atomic E-state index is 0.0762. The van der Waals surface area contributed by atoms with Crippen molar-refractivity contribution < 1.29 is 41.0 Å². The fourth-order valence-corrected chi connectivity index (χ4v) is 7.17. The van der Waals surface area contributed by atoms with Crippen molar-refractivity contribution >= 4 is 27.8 Å². The summed E-state index contributed by atoms with van der Waals surface area (Å²) in [6.07, 6.45) is 1.22. The van der Waals surface area contributed by atoms with E-state index in [1.165, 1.54) is 0 Å². The summed E-state index contributed by atoms with van der Waals surface area (Å²) >= 11 is 0. The number of anilines is 1. The lowest BCUT2D eigenvalue weighted by molar-refractivity contribution is -0.192. The number of halogens is 3. The number of carboxylic acid groups (broad SMARTS) is 1. The molecule has 11 nitrogen and oxygen atoms in total. The molecule has 1 N–H and O–H groups in total. The van der Waals surface area contributed by atoms with E-state index >= 15 is 0 Å². The second-order valence-electron chi connectivity index (χ2n) is 9.70. The van der Waals surface area contributed by atoms with Crippen molar-refractivity contribution in [2.45, 2.75) is 37.1 Å². The number of amides is 1. The van der Waals surface area contributed by atoms with E-state index in [2.05, 4.69) is 14.9 Å². The molecule has 1 aliphatic carbocycles. The Balaban J connectivity index is 0.000000405. The lowest BCUT2D eigenvalue weighted by atomic mass is 9.73. The molecular weight excluding hydrogens is 519 g/mol. The fourth-order valence-electron chi connectivity index (χ4n) is 5.24. The van der Waals surface area contributed by atoms with Crippen LogP contribution in [0, 0.1) is 11.3 Å². The Morgan fingerprint density at radius 1 is 1.08 bits per heavy atom. The Morgan fingerprint density at radius 2 is 1.70 bits per heavy atom. The highest BCUT2D eigenvalue weighted by atomic mass is 32.2. The zero-order valence-electron chi connectivity index (χ0n) is 20.1. The molecule has 15 heteroatoms. The summed E-state index contributed by atoms with van der Waals surface area (Å²) in [6.45, 7) is 4.35. The lowest BCUT2D eigenvalue weighted by Gasteiger charge is -2.38. The average molecular weight is 550 g/mol. The van der Waals surface area contributed by atoms with Crippen LogP contribution in [-0.2, 0) is 24.3 Å². The molecule has 0 aromatic carbocycles. The predicted molar refractivity (Wildman–Crippen MR) is 124 cm³/mol. The third-order valence-electron chi connectivity index (χ3n) is 7.26. The van der Waals surface area contributed by atoms with Gasteiger partial charge < -0.3 is 19.6 Å². The molecule has 0 radical (unpaired) electrons. The van der Waals surface area contributed by atoms with Crippen LogP contribution in [0.4, 0.5) is 19.1 Å². The Morgan fingerprint density at radius 3 is 2.27 bits per heavy atom. The molecule has 0 bridgehead atoms. The molecule has 1 saturated carbocycles. The molecule has 206 valence electrons. The minimum Gasteiger partial charge on any atom is -0.475 e. The quantitative estimate of drug-likeness (QED) is 0.584. The zero-order valence-corrected chi connectivity index (χ0v) is 21.0. The highest BCUT2D eigenvalue weighted by Gasteiger charge is 2.56.